The Hall–Kier alpha value is -4.25. The van der Waals surface area contributed by atoms with Crippen molar-refractivity contribution in [2.75, 3.05) is 31.1 Å². The third kappa shape index (κ3) is 10.6. The van der Waals surface area contributed by atoms with Crippen molar-refractivity contribution in [2.24, 2.45) is 0 Å². The molecule has 0 spiro atoms. The quantitative estimate of drug-likeness (QED) is 0.410. The molecular weight excluding hydrogens is 434 g/mol. The first-order valence-corrected chi connectivity index (χ1v) is 9.68. The fourth-order valence-corrected chi connectivity index (χ4v) is 2.59. The average Bonchev–Trinajstić information content (AvgIpc) is 2.80. The minimum absolute atomic E-state index is 0.0111. The first-order valence-electron chi connectivity index (χ1n) is 9.68. The van der Waals surface area contributed by atoms with E-state index < -0.39 is 23.9 Å². The molecule has 0 bridgehead atoms. The molecule has 2 heterocycles. The molecule has 1 saturated heterocycles. The van der Waals surface area contributed by atoms with Crippen LogP contribution in [0.25, 0.3) is 0 Å². The van der Waals surface area contributed by atoms with Crippen LogP contribution in [0.2, 0.25) is 0 Å². The Morgan fingerprint density at radius 1 is 0.939 bits per heavy atom. The number of nitrogens with zero attached hydrogens (tertiary/aromatic N) is 2. The van der Waals surface area contributed by atoms with Gasteiger partial charge in [0.15, 0.2) is 0 Å². The Morgan fingerprint density at radius 2 is 1.55 bits per heavy atom. The molecule has 0 aliphatic carbocycles. The predicted octanol–water partition coefficient (Wildman–Crippen LogP) is 1.59. The van der Waals surface area contributed by atoms with Crippen molar-refractivity contribution in [3.8, 4) is 0 Å². The molecule has 1 aliphatic rings. The molecule has 1 aromatic heterocycles. The summed E-state index contributed by atoms with van der Waals surface area (Å²) in [7, 11) is 0. The van der Waals surface area contributed by atoms with E-state index >= 15 is 0 Å². The number of carboxylic acid groups (broad SMARTS) is 4. The van der Waals surface area contributed by atoms with Crippen LogP contribution in [0.4, 0.5) is 5.69 Å². The lowest BCUT2D eigenvalue weighted by Gasteiger charge is -2.28. The second kappa shape index (κ2) is 13.9. The Balaban J connectivity index is 0.000000256. The van der Waals surface area contributed by atoms with Crippen LogP contribution in [0.1, 0.15) is 26.3 Å². The van der Waals surface area contributed by atoms with Crippen LogP contribution in [-0.2, 0) is 9.59 Å². The van der Waals surface area contributed by atoms with Crippen molar-refractivity contribution < 1.29 is 39.6 Å². The predicted molar refractivity (Wildman–Crippen MR) is 119 cm³/mol. The number of nitrogens with one attached hydrogen (secondary N) is 1. The highest BCUT2D eigenvalue weighted by Gasteiger charge is 2.11. The van der Waals surface area contributed by atoms with Gasteiger partial charge in [0.25, 0.3) is 0 Å². The number of aryl methyl sites for hydroxylation is 1. The molecule has 1 fully saturated rings. The summed E-state index contributed by atoms with van der Waals surface area (Å²) in [6, 6.07) is 8.10. The fraction of sp³-hybridized carbons (Fsp3) is 0.227. The van der Waals surface area contributed by atoms with Gasteiger partial charge in [-0.3, -0.25) is 4.98 Å². The van der Waals surface area contributed by atoms with Crippen molar-refractivity contribution in [1.29, 1.82) is 0 Å². The molecule has 11 nitrogen and oxygen atoms in total. The van der Waals surface area contributed by atoms with Crippen molar-refractivity contribution in [3.63, 3.8) is 0 Å². The van der Waals surface area contributed by atoms with Gasteiger partial charge in [0.1, 0.15) is 0 Å². The lowest BCUT2D eigenvalue weighted by atomic mass is 10.1. The minimum atomic E-state index is -1.26. The summed E-state index contributed by atoms with van der Waals surface area (Å²) in [4.78, 5) is 46.7. The second-order valence-corrected chi connectivity index (χ2v) is 6.60. The Kier molecular flexibility index (Phi) is 11.3. The Labute approximate surface area is 189 Å². The summed E-state index contributed by atoms with van der Waals surface area (Å²) >= 11 is 0. The third-order valence-corrected chi connectivity index (χ3v) is 4.21. The monoisotopic (exact) mass is 459 g/mol. The highest BCUT2D eigenvalue weighted by molar-refractivity contribution is 5.94. The highest BCUT2D eigenvalue weighted by Crippen LogP contribution is 2.12. The van der Waals surface area contributed by atoms with Crippen molar-refractivity contribution in [3.05, 3.63) is 71.6 Å². The Morgan fingerprint density at radius 3 is 2.00 bits per heavy atom. The van der Waals surface area contributed by atoms with Gasteiger partial charge < -0.3 is 30.6 Å². The van der Waals surface area contributed by atoms with E-state index in [9.17, 15) is 19.2 Å². The molecule has 5 N–H and O–H groups in total. The zero-order valence-corrected chi connectivity index (χ0v) is 17.8. The summed E-state index contributed by atoms with van der Waals surface area (Å²) in [5.41, 5.74) is 1.81. The van der Waals surface area contributed by atoms with Crippen LogP contribution in [0.3, 0.4) is 0 Å². The van der Waals surface area contributed by atoms with Gasteiger partial charge in [-0.15, -0.1) is 0 Å². The topological polar surface area (TPSA) is 177 Å². The van der Waals surface area contributed by atoms with E-state index in [0.29, 0.717) is 17.7 Å². The zero-order valence-electron chi connectivity index (χ0n) is 17.8. The first-order chi connectivity index (χ1) is 15.6. The van der Waals surface area contributed by atoms with Crippen LogP contribution in [0, 0.1) is 6.92 Å². The van der Waals surface area contributed by atoms with Crippen molar-refractivity contribution in [1.82, 2.24) is 10.3 Å². The molecule has 2 aromatic rings. The number of aromatic carboxylic acids is 2. The molecule has 176 valence electrons. The summed E-state index contributed by atoms with van der Waals surface area (Å²) in [6.45, 7) is 5.95. The molecule has 0 unspecified atom stereocenters. The number of rotatable bonds is 5. The van der Waals surface area contributed by atoms with Gasteiger partial charge in [0, 0.05) is 44.5 Å². The highest BCUT2D eigenvalue weighted by atomic mass is 16.4. The number of pyridine rings is 1. The van der Waals surface area contributed by atoms with Crippen molar-refractivity contribution in [2.45, 2.75) is 6.92 Å². The maximum absolute atomic E-state index is 10.6. The van der Waals surface area contributed by atoms with Gasteiger partial charge in [0.05, 0.1) is 23.0 Å². The van der Waals surface area contributed by atoms with E-state index in [1.165, 1.54) is 17.8 Å². The molecule has 33 heavy (non-hydrogen) atoms. The van der Waals surface area contributed by atoms with E-state index in [2.05, 4.69) is 21.3 Å². The summed E-state index contributed by atoms with van der Waals surface area (Å²) in [5.74, 6) is -4.75. The number of hydrogen-bond donors (Lipinski definition) is 5. The SMILES string of the molecule is Cc1ccc(C(=O)O)cc1C(=O)O.O=C(O)/C=C/C(=O)O.c1cncc(N2CCNCC2)c1. The number of piperazine rings is 1. The molecule has 0 atom stereocenters. The van der Waals surface area contributed by atoms with Gasteiger partial charge in [-0.1, -0.05) is 6.07 Å². The van der Waals surface area contributed by atoms with Gasteiger partial charge in [-0.05, 0) is 36.8 Å². The lowest BCUT2D eigenvalue weighted by Crippen LogP contribution is -2.43. The smallest absolute Gasteiger partial charge is 0.335 e. The number of benzene rings is 1. The minimum Gasteiger partial charge on any atom is -0.478 e. The summed E-state index contributed by atoms with van der Waals surface area (Å²) in [5, 5.41) is 36.2. The van der Waals surface area contributed by atoms with Crippen LogP contribution >= 0.6 is 0 Å². The van der Waals surface area contributed by atoms with Gasteiger partial charge >= 0.3 is 23.9 Å². The second-order valence-electron chi connectivity index (χ2n) is 6.60. The van der Waals surface area contributed by atoms with Gasteiger partial charge in [-0.25, -0.2) is 19.2 Å². The van der Waals surface area contributed by atoms with Crippen LogP contribution in [-0.4, -0.2) is 75.5 Å². The largest absolute Gasteiger partial charge is 0.478 e. The first kappa shape index (κ1) is 26.8. The molecule has 0 saturated carbocycles. The molecule has 1 aromatic carbocycles. The van der Waals surface area contributed by atoms with Crippen LogP contribution < -0.4 is 10.2 Å². The van der Waals surface area contributed by atoms with Gasteiger partial charge in [-0.2, -0.15) is 0 Å². The van der Waals surface area contributed by atoms with E-state index in [1.54, 1.807) is 6.92 Å². The standard InChI is InChI=1S/C9H13N3.C9H8O4.C4H4O4/c1-2-9(8-11-3-1)12-6-4-10-5-7-12;1-5-2-3-6(8(10)11)4-7(5)9(12)13;5-3(6)1-2-4(7)8/h1-3,8,10H,4-7H2;2-4H,1H3,(H,10,11)(H,12,13);1-2H,(H,5,6)(H,7,8)/b;;2-1+. The summed E-state index contributed by atoms with van der Waals surface area (Å²) in [6.07, 6.45) is 4.85. The summed E-state index contributed by atoms with van der Waals surface area (Å²) < 4.78 is 0. The number of aromatic nitrogens is 1. The number of hydrogen-bond acceptors (Lipinski definition) is 7. The number of carboxylic acids is 4. The molecule has 0 amide bonds. The average molecular weight is 459 g/mol. The molecular formula is C22H25N3O8. The van der Waals surface area contributed by atoms with E-state index in [0.717, 1.165) is 32.2 Å². The fourth-order valence-electron chi connectivity index (χ4n) is 2.59. The van der Waals surface area contributed by atoms with E-state index in [-0.39, 0.29) is 11.1 Å². The van der Waals surface area contributed by atoms with E-state index in [4.69, 9.17) is 20.4 Å². The maximum Gasteiger partial charge on any atom is 0.335 e. The van der Waals surface area contributed by atoms with Crippen molar-refractivity contribution >= 4 is 29.6 Å². The maximum atomic E-state index is 10.6. The molecule has 11 heteroatoms. The molecule has 0 radical (unpaired) electrons. The number of anilines is 1. The lowest BCUT2D eigenvalue weighted by molar-refractivity contribution is -0.134. The molecule has 1 aliphatic heterocycles. The number of carbonyl (C=O) groups is 4. The normalized spacial score (nSPS) is 12.6. The van der Waals surface area contributed by atoms with E-state index in [1.807, 2.05) is 18.5 Å². The number of aliphatic carboxylic acids is 2. The van der Waals surface area contributed by atoms with Gasteiger partial charge in [0.2, 0.25) is 0 Å². The third-order valence-electron chi connectivity index (χ3n) is 4.21. The van der Waals surface area contributed by atoms with Crippen LogP contribution in [0.5, 0.6) is 0 Å². The Bertz CT molecular complexity index is 970. The molecule has 3 rings (SSSR count). The van der Waals surface area contributed by atoms with Crippen LogP contribution in [0.15, 0.2) is 54.9 Å². The zero-order chi connectivity index (χ0) is 24.8.